The molecule has 0 bridgehead atoms. The van der Waals surface area contributed by atoms with Crippen molar-refractivity contribution in [2.24, 2.45) is 0 Å². The summed E-state index contributed by atoms with van der Waals surface area (Å²) in [6.45, 7) is 4.70. The van der Waals surface area contributed by atoms with Crippen LogP contribution in [-0.4, -0.2) is 0 Å². The molecule has 8 aromatic carbocycles. The van der Waals surface area contributed by atoms with E-state index >= 15 is 0 Å². The van der Waals surface area contributed by atoms with Crippen molar-refractivity contribution in [2.75, 3.05) is 0 Å². The molecule has 0 spiro atoms. The number of hydrogen-bond donors (Lipinski definition) is 0. The molecule has 0 amide bonds. The lowest BCUT2D eigenvalue weighted by atomic mass is 9.81. The molecular weight excluding hydrogens is 532 g/mol. The van der Waals surface area contributed by atoms with Gasteiger partial charge < -0.3 is 4.42 Å². The molecule has 0 atom stereocenters. The van der Waals surface area contributed by atoms with Crippen LogP contribution in [-0.2, 0) is 5.41 Å². The van der Waals surface area contributed by atoms with Gasteiger partial charge in [-0.05, 0) is 101 Å². The van der Waals surface area contributed by atoms with Crippen molar-refractivity contribution in [2.45, 2.75) is 19.3 Å². The van der Waals surface area contributed by atoms with Crippen LogP contribution in [0.4, 0.5) is 0 Å². The highest BCUT2D eigenvalue weighted by Crippen LogP contribution is 2.52. The monoisotopic (exact) mass is 560 g/mol. The zero-order valence-corrected chi connectivity index (χ0v) is 24.6. The molecule has 0 saturated carbocycles. The Morgan fingerprint density at radius 3 is 1.86 bits per heavy atom. The van der Waals surface area contributed by atoms with Gasteiger partial charge in [-0.15, -0.1) is 0 Å². The number of fused-ring (bicyclic) bond motifs is 5. The first-order valence-electron chi connectivity index (χ1n) is 15.4. The number of furan rings is 1. The van der Waals surface area contributed by atoms with Gasteiger partial charge in [-0.3, -0.25) is 0 Å². The number of hydrogen-bond acceptors (Lipinski definition) is 1. The molecule has 1 aliphatic carbocycles. The summed E-state index contributed by atoms with van der Waals surface area (Å²) in [5.74, 6) is 0. The van der Waals surface area contributed by atoms with Crippen molar-refractivity contribution < 1.29 is 4.42 Å². The van der Waals surface area contributed by atoms with Gasteiger partial charge in [0.05, 0.1) is 0 Å². The highest BCUT2D eigenvalue weighted by molar-refractivity contribution is 6.28. The average Bonchev–Trinajstić information content (AvgIpc) is 3.56. The molecule has 0 N–H and O–H groups in total. The second kappa shape index (κ2) is 8.36. The van der Waals surface area contributed by atoms with Gasteiger partial charge in [0, 0.05) is 16.2 Å². The van der Waals surface area contributed by atoms with E-state index in [1.807, 2.05) is 0 Å². The number of benzene rings is 8. The molecule has 44 heavy (non-hydrogen) atoms. The van der Waals surface area contributed by atoms with E-state index in [1.54, 1.807) is 0 Å². The van der Waals surface area contributed by atoms with E-state index in [-0.39, 0.29) is 5.41 Å². The van der Waals surface area contributed by atoms with E-state index in [0.29, 0.717) is 0 Å². The van der Waals surface area contributed by atoms with Crippen LogP contribution < -0.4 is 0 Å². The van der Waals surface area contributed by atoms with Gasteiger partial charge >= 0.3 is 0 Å². The van der Waals surface area contributed by atoms with Crippen LogP contribution in [0, 0.1) is 0 Å². The van der Waals surface area contributed by atoms with Crippen LogP contribution in [0.3, 0.4) is 0 Å². The molecule has 9 aromatic rings. The summed E-state index contributed by atoms with van der Waals surface area (Å²) in [5, 5.41) is 9.97. The van der Waals surface area contributed by atoms with Gasteiger partial charge in [0.1, 0.15) is 11.2 Å². The zero-order chi connectivity index (χ0) is 29.2. The number of rotatable bonds is 2. The van der Waals surface area contributed by atoms with Gasteiger partial charge in [-0.1, -0.05) is 123 Å². The molecular formula is C43H28O. The molecule has 0 saturated heterocycles. The SMILES string of the molecule is CC1(C)c2ccccc2-c2cc(-c3c4ccccc4c(-c4ccc5oc6cccc7ccc4c5c76)c4ccccc34)ccc21. The second-order valence-corrected chi connectivity index (χ2v) is 12.8. The minimum absolute atomic E-state index is 0.0108. The van der Waals surface area contributed by atoms with Crippen molar-refractivity contribution in [3.63, 3.8) is 0 Å². The predicted octanol–water partition coefficient (Wildman–Crippen LogP) is 12.1. The fraction of sp³-hybridized carbons (Fsp3) is 0.0698. The third-order valence-corrected chi connectivity index (χ3v) is 10.2. The maximum Gasteiger partial charge on any atom is 0.136 e. The van der Waals surface area contributed by atoms with Crippen LogP contribution in [0.2, 0.25) is 0 Å². The van der Waals surface area contributed by atoms with Gasteiger partial charge in [-0.2, -0.15) is 0 Å². The molecule has 0 fully saturated rings. The maximum atomic E-state index is 6.33. The van der Waals surface area contributed by atoms with E-state index in [9.17, 15) is 0 Å². The first kappa shape index (κ1) is 24.1. The van der Waals surface area contributed by atoms with E-state index in [0.717, 1.165) is 11.2 Å². The summed E-state index contributed by atoms with van der Waals surface area (Å²) >= 11 is 0. The van der Waals surface area contributed by atoms with Crippen molar-refractivity contribution >= 4 is 54.3 Å². The smallest absolute Gasteiger partial charge is 0.136 e. The minimum Gasteiger partial charge on any atom is -0.456 e. The predicted molar refractivity (Wildman–Crippen MR) is 186 cm³/mol. The molecule has 1 nitrogen and oxygen atoms in total. The normalized spacial score (nSPS) is 13.9. The van der Waals surface area contributed by atoms with Crippen LogP contribution in [0.1, 0.15) is 25.0 Å². The molecule has 10 rings (SSSR count). The lowest BCUT2D eigenvalue weighted by Crippen LogP contribution is -2.14. The molecule has 1 heteroatoms. The topological polar surface area (TPSA) is 13.1 Å². The second-order valence-electron chi connectivity index (χ2n) is 12.8. The Labute approximate surface area is 255 Å². The van der Waals surface area contributed by atoms with Gasteiger partial charge in [0.25, 0.3) is 0 Å². The summed E-state index contributed by atoms with van der Waals surface area (Å²) < 4.78 is 6.33. The van der Waals surface area contributed by atoms with Crippen LogP contribution in [0.15, 0.2) is 138 Å². The van der Waals surface area contributed by atoms with Crippen molar-refractivity contribution in [3.8, 4) is 33.4 Å². The first-order valence-corrected chi connectivity index (χ1v) is 15.4. The summed E-state index contributed by atoms with van der Waals surface area (Å²) in [7, 11) is 0. The zero-order valence-electron chi connectivity index (χ0n) is 24.6. The van der Waals surface area contributed by atoms with Crippen molar-refractivity contribution in [3.05, 3.63) is 145 Å². The minimum atomic E-state index is -0.0108. The van der Waals surface area contributed by atoms with E-state index in [1.165, 1.54) is 87.6 Å². The Balaban J connectivity index is 1.31. The third-order valence-electron chi connectivity index (χ3n) is 10.2. The van der Waals surface area contributed by atoms with E-state index in [4.69, 9.17) is 4.42 Å². The van der Waals surface area contributed by atoms with Crippen LogP contribution >= 0.6 is 0 Å². The van der Waals surface area contributed by atoms with Crippen LogP contribution in [0.25, 0.3) is 87.6 Å². The summed E-state index contributed by atoms with van der Waals surface area (Å²) in [6.07, 6.45) is 0. The molecule has 0 unspecified atom stereocenters. The maximum absolute atomic E-state index is 6.33. The van der Waals surface area contributed by atoms with Gasteiger partial charge in [0.2, 0.25) is 0 Å². The van der Waals surface area contributed by atoms with Crippen LogP contribution in [0.5, 0.6) is 0 Å². The Bertz CT molecular complexity index is 2570. The largest absolute Gasteiger partial charge is 0.456 e. The van der Waals surface area contributed by atoms with Gasteiger partial charge in [-0.25, -0.2) is 0 Å². The fourth-order valence-electron chi connectivity index (χ4n) is 8.27. The summed E-state index contributed by atoms with van der Waals surface area (Å²) in [5.41, 5.74) is 12.5. The molecule has 1 heterocycles. The Morgan fingerprint density at radius 1 is 0.432 bits per heavy atom. The molecule has 0 radical (unpaired) electrons. The standard InChI is InChI=1S/C43H28O/c1-43(2)35-16-8-7-11-27(35)34-24-26(19-22-36(34)43)39-28-12-3-5-14-30(28)41(31-15-6-4-13-29(31)39)32-21-23-38-42-33(32)20-18-25-10-9-17-37(44-38)40(25)42/h3-24H,1-2H3. The highest BCUT2D eigenvalue weighted by Gasteiger charge is 2.35. The van der Waals surface area contributed by atoms with E-state index in [2.05, 4.69) is 147 Å². The average molecular weight is 561 g/mol. The Hall–Kier alpha value is -5.40. The lowest BCUT2D eigenvalue weighted by molar-refractivity contribution is 0.660. The summed E-state index contributed by atoms with van der Waals surface area (Å²) in [6, 6.07) is 49.3. The first-order chi connectivity index (χ1) is 21.6. The Kier molecular flexibility index (Phi) is 4.58. The molecule has 1 aromatic heterocycles. The highest BCUT2D eigenvalue weighted by atomic mass is 16.3. The van der Waals surface area contributed by atoms with E-state index < -0.39 is 0 Å². The third kappa shape index (κ3) is 2.99. The molecule has 206 valence electrons. The summed E-state index contributed by atoms with van der Waals surface area (Å²) in [4.78, 5) is 0. The van der Waals surface area contributed by atoms with Gasteiger partial charge in [0.15, 0.2) is 0 Å². The molecule has 0 aliphatic heterocycles. The quantitative estimate of drug-likeness (QED) is 0.151. The lowest BCUT2D eigenvalue weighted by Gasteiger charge is -2.22. The van der Waals surface area contributed by atoms with Crippen molar-refractivity contribution in [1.82, 2.24) is 0 Å². The van der Waals surface area contributed by atoms with Crippen molar-refractivity contribution in [1.29, 1.82) is 0 Å². The fourth-order valence-corrected chi connectivity index (χ4v) is 8.27. The Morgan fingerprint density at radius 2 is 1.09 bits per heavy atom. The molecule has 1 aliphatic rings.